The average molecular weight is 351 g/mol. The number of nitrogens with zero attached hydrogens (tertiary/aromatic N) is 1. The van der Waals surface area contributed by atoms with Crippen LogP contribution in [0.15, 0.2) is 65.6 Å². The maximum absolute atomic E-state index is 12.6. The van der Waals surface area contributed by atoms with Crippen LogP contribution in [0, 0.1) is 0 Å². The van der Waals surface area contributed by atoms with E-state index in [9.17, 15) is 4.79 Å². The Bertz CT molecular complexity index is 900. The van der Waals surface area contributed by atoms with E-state index >= 15 is 0 Å². The zero-order valence-corrected chi connectivity index (χ0v) is 15.4. The second-order valence-corrected chi connectivity index (χ2v) is 6.60. The van der Waals surface area contributed by atoms with Crippen molar-refractivity contribution in [2.24, 2.45) is 0 Å². The van der Waals surface area contributed by atoms with Crippen LogP contribution in [0.4, 0.5) is 0 Å². The normalized spacial score (nSPS) is 11.0. The van der Waals surface area contributed by atoms with Crippen molar-refractivity contribution in [1.82, 2.24) is 4.57 Å². The molecule has 0 bridgehead atoms. The third-order valence-electron chi connectivity index (χ3n) is 4.13. The van der Waals surface area contributed by atoms with Gasteiger partial charge in [0.15, 0.2) is 0 Å². The first-order valence-corrected chi connectivity index (χ1v) is 9.11. The van der Waals surface area contributed by atoms with Crippen molar-refractivity contribution in [1.29, 1.82) is 0 Å². The van der Waals surface area contributed by atoms with Crippen molar-refractivity contribution in [3.8, 4) is 11.5 Å². The van der Waals surface area contributed by atoms with Gasteiger partial charge in [0, 0.05) is 18.1 Å². The molecule has 3 rings (SSSR count). The van der Waals surface area contributed by atoms with Crippen molar-refractivity contribution in [2.75, 3.05) is 6.61 Å². The highest BCUT2D eigenvalue weighted by atomic mass is 16.5. The van der Waals surface area contributed by atoms with E-state index in [4.69, 9.17) is 9.47 Å². The van der Waals surface area contributed by atoms with E-state index in [1.807, 2.05) is 74.6 Å². The smallest absolute Gasteiger partial charge is 0.258 e. The molecule has 0 N–H and O–H groups in total. The van der Waals surface area contributed by atoms with Gasteiger partial charge in [-0.3, -0.25) is 4.79 Å². The number of unbranched alkanes of at least 4 members (excludes halogenated alkanes) is 1. The van der Waals surface area contributed by atoms with Gasteiger partial charge in [-0.1, -0.05) is 18.2 Å². The maximum atomic E-state index is 12.6. The fourth-order valence-corrected chi connectivity index (χ4v) is 2.88. The number of hydrogen-bond acceptors (Lipinski definition) is 3. The molecule has 0 aliphatic rings. The molecule has 136 valence electrons. The molecule has 1 aromatic heterocycles. The van der Waals surface area contributed by atoms with E-state index in [1.165, 1.54) is 0 Å². The summed E-state index contributed by atoms with van der Waals surface area (Å²) in [5.74, 6) is 1.68. The van der Waals surface area contributed by atoms with Gasteiger partial charge < -0.3 is 14.0 Å². The van der Waals surface area contributed by atoms with E-state index in [2.05, 4.69) is 0 Å². The van der Waals surface area contributed by atoms with Gasteiger partial charge in [0.1, 0.15) is 11.5 Å². The summed E-state index contributed by atoms with van der Waals surface area (Å²) in [6.07, 6.45) is 3.78. The summed E-state index contributed by atoms with van der Waals surface area (Å²) in [6, 6.07) is 17.4. The Morgan fingerprint density at radius 3 is 2.54 bits per heavy atom. The van der Waals surface area contributed by atoms with Crippen molar-refractivity contribution >= 4 is 10.8 Å². The first-order valence-electron chi connectivity index (χ1n) is 9.11. The molecule has 0 aliphatic heterocycles. The van der Waals surface area contributed by atoms with Crippen LogP contribution in [0.25, 0.3) is 10.8 Å². The van der Waals surface area contributed by atoms with Crippen molar-refractivity contribution in [3.05, 3.63) is 71.1 Å². The summed E-state index contributed by atoms with van der Waals surface area (Å²) in [5.41, 5.74) is 0.0441. The number of hydrogen-bond donors (Lipinski definition) is 0. The van der Waals surface area contributed by atoms with Gasteiger partial charge in [-0.25, -0.2) is 0 Å². The van der Waals surface area contributed by atoms with Crippen LogP contribution in [0.2, 0.25) is 0 Å². The molecule has 0 atom stereocenters. The Morgan fingerprint density at radius 1 is 0.962 bits per heavy atom. The Morgan fingerprint density at radius 2 is 1.77 bits per heavy atom. The number of aromatic nitrogens is 1. The zero-order chi connectivity index (χ0) is 18.4. The Labute approximate surface area is 154 Å². The van der Waals surface area contributed by atoms with Crippen LogP contribution in [0.3, 0.4) is 0 Å². The molecular formula is C22H25NO3. The molecule has 1 heterocycles. The van der Waals surface area contributed by atoms with Crippen LogP contribution in [0.1, 0.15) is 26.7 Å². The molecule has 2 aromatic carbocycles. The molecule has 4 heteroatoms. The number of aryl methyl sites for hydroxylation is 1. The summed E-state index contributed by atoms with van der Waals surface area (Å²) in [7, 11) is 0. The van der Waals surface area contributed by atoms with Gasteiger partial charge in [0.25, 0.3) is 5.56 Å². The lowest BCUT2D eigenvalue weighted by atomic mass is 10.1. The molecule has 0 amide bonds. The molecule has 4 nitrogen and oxygen atoms in total. The van der Waals surface area contributed by atoms with Gasteiger partial charge in [-0.05, 0) is 68.5 Å². The highest BCUT2D eigenvalue weighted by Gasteiger charge is 2.05. The predicted octanol–water partition coefficient (Wildman–Crippen LogP) is 4.65. The quantitative estimate of drug-likeness (QED) is 0.555. The SMILES string of the molecule is CC(C)Oc1ccc2c(=O)n(CCCCOc3ccccc3)ccc2c1. The maximum Gasteiger partial charge on any atom is 0.258 e. The minimum absolute atomic E-state index is 0.0441. The number of para-hydroxylation sites is 1. The Hall–Kier alpha value is -2.75. The monoisotopic (exact) mass is 351 g/mol. The van der Waals surface area contributed by atoms with Gasteiger partial charge in [-0.15, -0.1) is 0 Å². The van der Waals surface area contributed by atoms with E-state index in [0.717, 1.165) is 35.1 Å². The highest BCUT2D eigenvalue weighted by Crippen LogP contribution is 2.19. The fourth-order valence-electron chi connectivity index (χ4n) is 2.88. The minimum Gasteiger partial charge on any atom is -0.494 e. The lowest BCUT2D eigenvalue weighted by molar-refractivity contribution is 0.243. The number of rotatable bonds is 8. The van der Waals surface area contributed by atoms with E-state index in [-0.39, 0.29) is 11.7 Å². The second-order valence-electron chi connectivity index (χ2n) is 6.60. The fraction of sp³-hybridized carbons (Fsp3) is 0.318. The van der Waals surface area contributed by atoms with E-state index < -0.39 is 0 Å². The molecule has 0 saturated heterocycles. The predicted molar refractivity (Wildman–Crippen MR) is 105 cm³/mol. The third-order valence-corrected chi connectivity index (χ3v) is 4.13. The van der Waals surface area contributed by atoms with Crippen molar-refractivity contribution < 1.29 is 9.47 Å². The third kappa shape index (κ3) is 4.66. The Kier molecular flexibility index (Phi) is 5.95. The molecule has 0 fully saturated rings. The van der Waals surface area contributed by atoms with Crippen LogP contribution < -0.4 is 15.0 Å². The lowest BCUT2D eigenvalue weighted by Gasteiger charge is -2.11. The molecule has 0 radical (unpaired) electrons. The van der Waals surface area contributed by atoms with Crippen LogP contribution in [0.5, 0.6) is 11.5 Å². The van der Waals surface area contributed by atoms with E-state index in [1.54, 1.807) is 4.57 Å². The molecule has 0 unspecified atom stereocenters. The summed E-state index contributed by atoms with van der Waals surface area (Å²) in [6.45, 7) is 5.33. The number of benzene rings is 2. The molecule has 3 aromatic rings. The van der Waals surface area contributed by atoms with Crippen molar-refractivity contribution in [2.45, 2.75) is 39.3 Å². The number of pyridine rings is 1. The first-order chi connectivity index (χ1) is 12.6. The number of fused-ring (bicyclic) bond motifs is 1. The minimum atomic E-state index is 0.0441. The summed E-state index contributed by atoms with van der Waals surface area (Å²) < 4.78 is 13.2. The van der Waals surface area contributed by atoms with Crippen LogP contribution >= 0.6 is 0 Å². The molecule has 0 spiro atoms. The van der Waals surface area contributed by atoms with Gasteiger partial charge in [0.05, 0.1) is 12.7 Å². The molecule has 0 saturated carbocycles. The average Bonchev–Trinajstić information content (AvgIpc) is 2.63. The lowest BCUT2D eigenvalue weighted by Crippen LogP contribution is -2.19. The van der Waals surface area contributed by atoms with Gasteiger partial charge in [0.2, 0.25) is 0 Å². The molecular weight excluding hydrogens is 326 g/mol. The summed E-state index contributed by atoms with van der Waals surface area (Å²) >= 11 is 0. The summed E-state index contributed by atoms with van der Waals surface area (Å²) in [5, 5.41) is 1.64. The number of ether oxygens (including phenoxy) is 2. The standard InChI is InChI=1S/C22H25NO3/c1-17(2)26-20-10-11-21-18(16-20)12-14-23(22(21)24)13-6-7-15-25-19-8-4-3-5-9-19/h3-5,8-12,14,16-17H,6-7,13,15H2,1-2H3. The van der Waals surface area contributed by atoms with E-state index in [0.29, 0.717) is 13.2 Å². The second kappa shape index (κ2) is 8.56. The van der Waals surface area contributed by atoms with Crippen molar-refractivity contribution in [3.63, 3.8) is 0 Å². The first kappa shape index (κ1) is 18.1. The molecule has 26 heavy (non-hydrogen) atoms. The van der Waals surface area contributed by atoms with Gasteiger partial charge in [-0.2, -0.15) is 0 Å². The van der Waals surface area contributed by atoms with Crippen LogP contribution in [-0.2, 0) is 6.54 Å². The highest BCUT2D eigenvalue weighted by molar-refractivity contribution is 5.82. The summed E-state index contributed by atoms with van der Waals surface area (Å²) in [4.78, 5) is 12.6. The largest absolute Gasteiger partial charge is 0.494 e. The van der Waals surface area contributed by atoms with Gasteiger partial charge >= 0.3 is 0 Å². The Balaban J connectivity index is 1.58. The van der Waals surface area contributed by atoms with Crippen LogP contribution in [-0.4, -0.2) is 17.3 Å². The topological polar surface area (TPSA) is 40.5 Å². The molecule has 0 aliphatic carbocycles. The zero-order valence-electron chi connectivity index (χ0n) is 15.4.